The zero-order valence-corrected chi connectivity index (χ0v) is 10.7. The van der Waals surface area contributed by atoms with Crippen LogP contribution in [-0.2, 0) is 9.53 Å². The summed E-state index contributed by atoms with van der Waals surface area (Å²) in [5.41, 5.74) is 0. The molecule has 0 aromatic rings. The lowest BCUT2D eigenvalue weighted by molar-refractivity contribution is -0.154. The molecule has 0 bridgehead atoms. The largest absolute Gasteiger partial charge is 0.464 e. The number of aliphatic hydroxyl groups excluding tert-OH is 1. The molecule has 0 aliphatic heterocycles. The van der Waals surface area contributed by atoms with Crippen LogP contribution in [0.4, 0.5) is 0 Å². The van der Waals surface area contributed by atoms with E-state index in [1.54, 1.807) is 0 Å². The van der Waals surface area contributed by atoms with Gasteiger partial charge in [0.1, 0.15) is 0 Å². The van der Waals surface area contributed by atoms with Crippen molar-refractivity contribution in [2.45, 2.75) is 71.3 Å². The molecule has 0 radical (unpaired) electrons. The molecule has 3 heteroatoms. The minimum absolute atomic E-state index is 0.443. The Balaban J connectivity index is 3.42. The number of ether oxygens (including phenoxy) is 1. The molecule has 3 nitrogen and oxygen atoms in total. The molecule has 0 saturated carbocycles. The molecule has 0 aromatic carbocycles. The lowest BCUT2D eigenvalue weighted by Gasteiger charge is -2.10. The summed E-state index contributed by atoms with van der Waals surface area (Å²) >= 11 is 0. The maximum absolute atomic E-state index is 11.3. The van der Waals surface area contributed by atoms with Crippen molar-refractivity contribution in [2.75, 3.05) is 6.61 Å². The molecule has 96 valence electrons. The van der Waals surface area contributed by atoms with Crippen LogP contribution in [0.25, 0.3) is 0 Å². The van der Waals surface area contributed by atoms with Crippen LogP contribution >= 0.6 is 0 Å². The van der Waals surface area contributed by atoms with E-state index < -0.39 is 12.1 Å². The molecule has 1 N–H and O–H groups in total. The van der Waals surface area contributed by atoms with E-state index in [9.17, 15) is 9.90 Å². The van der Waals surface area contributed by atoms with Crippen LogP contribution in [0, 0.1) is 0 Å². The minimum Gasteiger partial charge on any atom is -0.464 e. The normalized spacial score (nSPS) is 12.4. The van der Waals surface area contributed by atoms with E-state index in [-0.39, 0.29) is 0 Å². The second-order valence-corrected chi connectivity index (χ2v) is 4.24. The van der Waals surface area contributed by atoms with E-state index >= 15 is 0 Å². The molecule has 0 amide bonds. The molecule has 0 aromatic heterocycles. The highest BCUT2D eigenvalue weighted by molar-refractivity contribution is 5.74. The first-order valence-corrected chi connectivity index (χ1v) is 6.57. The van der Waals surface area contributed by atoms with Crippen LogP contribution in [0.2, 0.25) is 0 Å². The van der Waals surface area contributed by atoms with Gasteiger partial charge in [-0.2, -0.15) is 0 Å². The lowest BCUT2D eigenvalue weighted by atomic mass is 10.1. The van der Waals surface area contributed by atoms with Gasteiger partial charge in [-0.05, 0) is 12.8 Å². The standard InChI is InChI=1S/C13H26O3/c1-3-5-7-8-10-12(14)13(15)16-11-9-6-4-2/h12,14H,3-11H2,1-2H3. The molecule has 0 heterocycles. The number of unbranched alkanes of at least 4 members (excludes halogenated alkanes) is 5. The quantitative estimate of drug-likeness (QED) is 0.463. The number of esters is 1. The van der Waals surface area contributed by atoms with E-state index in [2.05, 4.69) is 13.8 Å². The third-order valence-corrected chi connectivity index (χ3v) is 2.60. The number of aliphatic hydroxyl groups is 1. The summed E-state index contributed by atoms with van der Waals surface area (Å²) in [7, 11) is 0. The first kappa shape index (κ1) is 15.4. The van der Waals surface area contributed by atoms with E-state index in [4.69, 9.17) is 4.74 Å². The fraction of sp³-hybridized carbons (Fsp3) is 0.923. The highest BCUT2D eigenvalue weighted by atomic mass is 16.5. The van der Waals surface area contributed by atoms with E-state index in [1.807, 2.05) is 0 Å². The summed E-state index contributed by atoms with van der Waals surface area (Å²) in [6, 6.07) is 0. The Morgan fingerprint density at radius 1 is 1.06 bits per heavy atom. The van der Waals surface area contributed by atoms with Crippen molar-refractivity contribution in [3.63, 3.8) is 0 Å². The number of hydrogen-bond donors (Lipinski definition) is 1. The van der Waals surface area contributed by atoms with Gasteiger partial charge in [-0.1, -0.05) is 52.4 Å². The van der Waals surface area contributed by atoms with Gasteiger partial charge in [-0.25, -0.2) is 4.79 Å². The molecule has 0 aliphatic rings. The monoisotopic (exact) mass is 230 g/mol. The Bertz CT molecular complexity index is 169. The first-order chi connectivity index (χ1) is 7.72. The molecule has 0 fully saturated rings. The zero-order chi connectivity index (χ0) is 12.2. The predicted molar refractivity (Wildman–Crippen MR) is 65.2 cm³/mol. The van der Waals surface area contributed by atoms with Crippen molar-refractivity contribution < 1.29 is 14.6 Å². The van der Waals surface area contributed by atoms with Crippen molar-refractivity contribution in [1.82, 2.24) is 0 Å². The fourth-order valence-corrected chi connectivity index (χ4v) is 1.50. The molecule has 1 atom stereocenters. The number of rotatable bonds is 10. The minimum atomic E-state index is -0.918. The number of carbonyl (C=O) groups is 1. The van der Waals surface area contributed by atoms with Crippen LogP contribution in [0.15, 0.2) is 0 Å². The molecule has 0 aliphatic carbocycles. The van der Waals surface area contributed by atoms with Crippen molar-refractivity contribution in [1.29, 1.82) is 0 Å². The van der Waals surface area contributed by atoms with E-state index in [0.29, 0.717) is 13.0 Å². The van der Waals surface area contributed by atoms with E-state index in [0.717, 1.165) is 44.9 Å². The fourth-order valence-electron chi connectivity index (χ4n) is 1.50. The van der Waals surface area contributed by atoms with Gasteiger partial charge in [-0.3, -0.25) is 0 Å². The summed E-state index contributed by atoms with van der Waals surface area (Å²) in [5.74, 6) is -0.451. The summed E-state index contributed by atoms with van der Waals surface area (Å²) in [4.78, 5) is 11.3. The SMILES string of the molecule is CCCCCCC(O)C(=O)OCCCCC. The molecular formula is C13H26O3. The van der Waals surface area contributed by atoms with Crippen LogP contribution < -0.4 is 0 Å². The second kappa shape index (κ2) is 10.9. The Morgan fingerprint density at radius 2 is 1.69 bits per heavy atom. The molecule has 16 heavy (non-hydrogen) atoms. The van der Waals surface area contributed by atoms with Crippen LogP contribution in [0.1, 0.15) is 65.2 Å². The van der Waals surface area contributed by atoms with Gasteiger partial charge in [0.05, 0.1) is 6.61 Å². The van der Waals surface area contributed by atoms with Crippen LogP contribution in [0.5, 0.6) is 0 Å². The smallest absolute Gasteiger partial charge is 0.334 e. The summed E-state index contributed by atoms with van der Waals surface area (Å²) in [6.45, 7) is 4.68. The highest BCUT2D eigenvalue weighted by Crippen LogP contribution is 2.07. The molecule has 1 unspecified atom stereocenters. The second-order valence-electron chi connectivity index (χ2n) is 4.24. The maximum atomic E-state index is 11.3. The summed E-state index contributed by atoms with van der Waals surface area (Å²) < 4.78 is 4.97. The van der Waals surface area contributed by atoms with E-state index in [1.165, 1.54) is 0 Å². The van der Waals surface area contributed by atoms with Crippen LogP contribution in [-0.4, -0.2) is 23.8 Å². The molecule has 0 spiro atoms. The Hall–Kier alpha value is -0.570. The molecule has 0 saturated heterocycles. The molecule has 0 rings (SSSR count). The third kappa shape index (κ3) is 8.72. The van der Waals surface area contributed by atoms with Crippen molar-refractivity contribution in [2.24, 2.45) is 0 Å². The number of hydrogen-bond acceptors (Lipinski definition) is 3. The Kier molecular flexibility index (Phi) is 10.5. The van der Waals surface area contributed by atoms with Crippen molar-refractivity contribution in [3.05, 3.63) is 0 Å². The van der Waals surface area contributed by atoms with Gasteiger partial charge in [0.15, 0.2) is 6.10 Å². The van der Waals surface area contributed by atoms with Crippen molar-refractivity contribution >= 4 is 5.97 Å². The topological polar surface area (TPSA) is 46.5 Å². The first-order valence-electron chi connectivity index (χ1n) is 6.57. The van der Waals surface area contributed by atoms with Gasteiger partial charge in [-0.15, -0.1) is 0 Å². The predicted octanol–water partition coefficient (Wildman–Crippen LogP) is 3.05. The average Bonchev–Trinajstić information content (AvgIpc) is 2.29. The van der Waals surface area contributed by atoms with Crippen molar-refractivity contribution in [3.8, 4) is 0 Å². The number of carbonyl (C=O) groups excluding carboxylic acids is 1. The highest BCUT2D eigenvalue weighted by Gasteiger charge is 2.15. The maximum Gasteiger partial charge on any atom is 0.334 e. The van der Waals surface area contributed by atoms with Crippen LogP contribution in [0.3, 0.4) is 0 Å². The van der Waals surface area contributed by atoms with Gasteiger partial charge >= 0.3 is 5.97 Å². The average molecular weight is 230 g/mol. The van der Waals surface area contributed by atoms with Gasteiger partial charge in [0.25, 0.3) is 0 Å². The lowest BCUT2D eigenvalue weighted by Crippen LogP contribution is -2.23. The van der Waals surface area contributed by atoms with Gasteiger partial charge in [0, 0.05) is 0 Å². The Morgan fingerprint density at radius 3 is 2.31 bits per heavy atom. The summed E-state index contributed by atoms with van der Waals surface area (Å²) in [5, 5.41) is 9.50. The Labute approximate surface area is 99.2 Å². The molecular weight excluding hydrogens is 204 g/mol. The third-order valence-electron chi connectivity index (χ3n) is 2.60. The zero-order valence-electron chi connectivity index (χ0n) is 10.7. The van der Waals surface area contributed by atoms with Gasteiger partial charge < -0.3 is 9.84 Å². The summed E-state index contributed by atoms with van der Waals surface area (Å²) in [6.07, 6.45) is 7.00. The van der Waals surface area contributed by atoms with Gasteiger partial charge in [0.2, 0.25) is 0 Å².